The van der Waals surface area contributed by atoms with Crippen LogP contribution in [0.1, 0.15) is 15.9 Å². The topological polar surface area (TPSA) is 51.1 Å². The summed E-state index contributed by atoms with van der Waals surface area (Å²) in [5.41, 5.74) is 0.908. The second-order valence-electron chi connectivity index (χ2n) is 5.39. The first-order chi connectivity index (χ1) is 12.0. The van der Waals surface area contributed by atoms with Crippen LogP contribution in [0.5, 0.6) is 0 Å². The van der Waals surface area contributed by atoms with Crippen LogP contribution in [0, 0.1) is 5.82 Å². The molecule has 1 amide bonds. The van der Waals surface area contributed by atoms with Crippen molar-refractivity contribution in [3.05, 3.63) is 98.6 Å². The number of benzene rings is 2. The van der Waals surface area contributed by atoms with Crippen LogP contribution in [0.2, 0.25) is 0 Å². The number of para-hydroxylation sites is 1. The molecular formula is C19H14BrFN2O2. The average Bonchev–Trinajstić information content (AvgIpc) is 2.61. The molecular weight excluding hydrogens is 387 g/mol. The lowest BCUT2D eigenvalue weighted by Gasteiger charge is -2.10. The number of carbonyl (C=O) groups excluding carboxylic acids is 1. The van der Waals surface area contributed by atoms with Crippen molar-refractivity contribution in [2.45, 2.75) is 6.54 Å². The molecule has 0 aliphatic rings. The zero-order valence-electron chi connectivity index (χ0n) is 13.1. The van der Waals surface area contributed by atoms with Gasteiger partial charge >= 0.3 is 0 Å². The fourth-order valence-corrected chi connectivity index (χ4v) is 2.83. The van der Waals surface area contributed by atoms with Gasteiger partial charge in [-0.1, -0.05) is 40.2 Å². The van der Waals surface area contributed by atoms with Crippen molar-refractivity contribution >= 4 is 21.8 Å². The molecule has 126 valence electrons. The van der Waals surface area contributed by atoms with E-state index in [-0.39, 0.29) is 17.2 Å². The number of pyridine rings is 1. The van der Waals surface area contributed by atoms with Gasteiger partial charge in [0.2, 0.25) is 0 Å². The molecule has 4 nitrogen and oxygen atoms in total. The zero-order chi connectivity index (χ0) is 17.8. The molecule has 25 heavy (non-hydrogen) atoms. The van der Waals surface area contributed by atoms with Gasteiger partial charge in [0.15, 0.2) is 0 Å². The zero-order valence-corrected chi connectivity index (χ0v) is 14.7. The van der Waals surface area contributed by atoms with Gasteiger partial charge in [0.05, 0.1) is 11.3 Å². The largest absolute Gasteiger partial charge is 0.348 e. The molecule has 0 saturated heterocycles. The Kier molecular flexibility index (Phi) is 5.09. The highest BCUT2D eigenvalue weighted by atomic mass is 79.9. The highest BCUT2D eigenvalue weighted by Gasteiger charge is 2.11. The smallest absolute Gasteiger partial charge is 0.255 e. The summed E-state index contributed by atoms with van der Waals surface area (Å²) in [5, 5.41) is 2.79. The maximum absolute atomic E-state index is 13.9. The molecule has 0 unspecified atom stereocenters. The molecule has 1 heterocycles. The third-order valence-corrected chi connectivity index (χ3v) is 4.12. The van der Waals surface area contributed by atoms with Crippen LogP contribution in [-0.2, 0) is 6.54 Å². The number of amides is 1. The first kappa shape index (κ1) is 17.1. The van der Waals surface area contributed by atoms with Crippen molar-refractivity contribution in [2.75, 3.05) is 0 Å². The first-order valence-corrected chi connectivity index (χ1v) is 8.34. The van der Waals surface area contributed by atoms with Gasteiger partial charge in [-0.05, 0) is 35.9 Å². The fourth-order valence-electron chi connectivity index (χ4n) is 2.39. The molecule has 0 bridgehead atoms. The Balaban J connectivity index is 1.83. The summed E-state index contributed by atoms with van der Waals surface area (Å²) in [6.07, 6.45) is 1.34. The Morgan fingerprint density at radius 1 is 1.08 bits per heavy atom. The van der Waals surface area contributed by atoms with Crippen molar-refractivity contribution in [2.24, 2.45) is 0 Å². The van der Waals surface area contributed by atoms with Crippen molar-refractivity contribution in [1.29, 1.82) is 0 Å². The Hall–Kier alpha value is -2.73. The Bertz CT molecular complexity index is 985. The highest BCUT2D eigenvalue weighted by molar-refractivity contribution is 9.10. The first-order valence-electron chi connectivity index (χ1n) is 7.55. The minimum Gasteiger partial charge on any atom is -0.348 e. The van der Waals surface area contributed by atoms with Crippen LogP contribution in [0.3, 0.4) is 0 Å². The summed E-state index contributed by atoms with van der Waals surface area (Å²) in [7, 11) is 0. The van der Waals surface area contributed by atoms with E-state index in [0.717, 1.165) is 14.6 Å². The molecule has 2 aromatic carbocycles. The van der Waals surface area contributed by atoms with Crippen molar-refractivity contribution in [3.8, 4) is 5.69 Å². The second-order valence-corrected chi connectivity index (χ2v) is 6.31. The van der Waals surface area contributed by atoms with Crippen LogP contribution >= 0.6 is 15.9 Å². The molecule has 6 heteroatoms. The summed E-state index contributed by atoms with van der Waals surface area (Å²) >= 11 is 3.38. The molecule has 0 radical (unpaired) electrons. The molecule has 0 fully saturated rings. The van der Waals surface area contributed by atoms with Gasteiger partial charge in [0.1, 0.15) is 5.82 Å². The Labute approximate surface area is 152 Å². The number of carbonyl (C=O) groups is 1. The third kappa shape index (κ3) is 4.03. The quantitative estimate of drug-likeness (QED) is 0.726. The fraction of sp³-hybridized carbons (Fsp3) is 0.0526. The average molecular weight is 401 g/mol. The molecule has 1 N–H and O–H groups in total. The van der Waals surface area contributed by atoms with Gasteiger partial charge in [-0.25, -0.2) is 4.39 Å². The second kappa shape index (κ2) is 7.44. The Morgan fingerprint density at radius 2 is 1.88 bits per heavy atom. The highest BCUT2D eigenvalue weighted by Crippen LogP contribution is 2.13. The lowest BCUT2D eigenvalue weighted by Crippen LogP contribution is -2.26. The van der Waals surface area contributed by atoms with Gasteiger partial charge < -0.3 is 5.32 Å². The van der Waals surface area contributed by atoms with Crippen LogP contribution in [0.4, 0.5) is 4.39 Å². The van der Waals surface area contributed by atoms with Crippen LogP contribution in [0.15, 0.2) is 76.1 Å². The molecule has 0 saturated carbocycles. The number of hydrogen-bond acceptors (Lipinski definition) is 2. The minimum absolute atomic E-state index is 0.106. The molecule has 3 rings (SSSR count). The number of aromatic nitrogens is 1. The van der Waals surface area contributed by atoms with E-state index in [9.17, 15) is 14.0 Å². The lowest BCUT2D eigenvalue weighted by molar-refractivity contribution is 0.0950. The van der Waals surface area contributed by atoms with Gasteiger partial charge in [-0.2, -0.15) is 0 Å². The van der Waals surface area contributed by atoms with E-state index in [1.54, 1.807) is 12.1 Å². The molecule has 3 aromatic rings. The summed E-state index contributed by atoms with van der Waals surface area (Å²) < 4.78 is 16.0. The third-order valence-electron chi connectivity index (χ3n) is 3.63. The predicted molar refractivity (Wildman–Crippen MR) is 97.3 cm³/mol. The Morgan fingerprint density at radius 3 is 2.64 bits per heavy atom. The van der Waals surface area contributed by atoms with E-state index in [4.69, 9.17) is 0 Å². The van der Waals surface area contributed by atoms with Crippen LogP contribution in [0.25, 0.3) is 5.69 Å². The molecule has 0 aliphatic heterocycles. The summed E-state index contributed by atoms with van der Waals surface area (Å²) in [4.78, 5) is 24.4. The van der Waals surface area contributed by atoms with Crippen LogP contribution in [-0.4, -0.2) is 10.5 Å². The normalized spacial score (nSPS) is 10.5. The monoisotopic (exact) mass is 400 g/mol. The molecule has 1 aromatic heterocycles. The van der Waals surface area contributed by atoms with Gasteiger partial charge in [-0.3, -0.25) is 14.2 Å². The van der Waals surface area contributed by atoms with E-state index in [0.29, 0.717) is 6.54 Å². The standard InChI is InChI=1S/C19H14BrFN2O2/c20-15-5-3-4-13(10-15)11-22-19(25)14-8-9-18(24)23(12-14)17-7-2-1-6-16(17)21/h1-10,12H,11H2,(H,22,25). The maximum Gasteiger partial charge on any atom is 0.255 e. The van der Waals surface area contributed by atoms with Crippen LogP contribution < -0.4 is 10.9 Å². The van der Waals surface area contributed by atoms with Crippen molar-refractivity contribution in [3.63, 3.8) is 0 Å². The van der Waals surface area contributed by atoms with Crippen molar-refractivity contribution in [1.82, 2.24) is 9.88 Å². The molecule has 0 aliphatic carbocycles. The van der Waals surface area contributed by atoms with Gasteiger partial charge in [-0.15, -0.1) is 0 Å². The van der Waals surface area contributed by atoms with Gasteiger partial charge in [0.25, 0.3) is 11.5 Å². The molecule has 0 spiro atoms. The van der Waals surface area contributed by atoms with Gasteiger partial charge in [0, 0.05) is 23.3 Å². The maximum atomic E-state index is 13.9. The van der Waals surface area contributed by atoms with E-state index in [2.05, 4.69) is 21.2 Å². The summed E-state index contributed by atoms with van der Waals surface area (Å²) in [6, 6.07) is 16.2. The number of hydrogen-bond donors (Lipinski definition) is 1. The van der Waals surface area contributed by atoms with E-state index < -0.39 is 11.4 Å². The van der Waals surface area contributed by atoms with E-state index in [1.807, 2.05) is 24.3 Å². The predicted octanol–water partition coefficient (Wildman–Crippen LogP) is 3.67. The number of nitrogens with zero attached hydrogens (tertiary/aromatic N) is 1. The SMILES string of the molecule is O=C(NCc1cccc(Br)c1)c1ccc(=O)n(-c2ccccc2F)c1. The number of nitrogens with one attached hydrogen (secondary N) is 1. The number of rotatable bonds is 4. The summed E-state index contributed by atoms with van der Waals surface area (Å²) in [5.74, 6) is -0.874. The summed E-state index contributed by atoms with van der Waals surface area (Å²) in [6.45, 7) is 0.344. The minimum atomic E-state index is -0.531. The number of halogens is 2. The van der Waals surface area contributed by atoms with E-state index in [1.165, 1.54) is 30.5 Å². The lowest BCUT2D eigenvalue weighted by atomic mass is 10.2. The molecule has 0 atom stereocenters. The van der Waals surface area contributed by atoms with E-state index >= 15 is 0 Å². The van der Waals surface area contributed by atoms with Crippen molar-refractivity contribution < 1.29 is 9.18 Å².